The van der Waals surface area contributed by atoms with Crippen LogP contribution in [0.15, 0.2) is 36.5 Å². The molecule has 1 saturated carbocycles. The van der Waals surface area contributed by atoms with Gasteiger partial charge in [-0.1, -0.05) is 30.7 Å². The molecule has 110 valence electrons. The molecule has 0 amide bonds. The van der Waals surface area contributed by atoms with Crippen LogP contribution in [0.3, 0.4) is 0 Å². The Labute approximate surface area is 131 Å². The summed E-state index contributed by atoms with van der Waals surface area (Å²) in [5, 5.41) is 4.37. The van der Waals surface area contributed by atoms with Gasteiger partial charge in [0.05, 0.1) is 0 Å². The molecule has 1 aliphatic rings. The van der Waals surface area contributed by atoms with E-state index in [-0.39, 0.29) is 0 Å². The number of pyridine rings is 1. The van der Waals surface area contributed by atoms with E-state index in [4.69, 9.17) is 11.6 Å². The van der Waals surface area contributed by atoms with E-state index in [0.29, 0.717) is 0 Å². The second-order valence-electron chi connectivity index (χ2n) is 5.76. The molecule has 21 heavy (non-hydrogen) atoms. The molecule has 0 saturated heterocycles. The Hall–Kier alpha value is -1.38. The van der Waals surface area contributed by atoms with Crippen molar-refractivity contribution in [3.63, 3.8) is 0 Å². The van der Waals surface area contributed by atoms with E-state index in [0.717, 1.165) is 36.1 Å². The summed E-state index contributed by atoms with van der Waals surface area (Å²) in [5.74, 6) is 0. The standard InChI is InChI=1S/C18H21ClN2/c1-2-13-3-6-18(20-11-13)10-15-9-16(19)5-4-14(15)12-21-17-7-8-17/h3-6,9,11,17,21H,2,7-8,10,12H2,1H3. The lowest BCUT2D eigenvalue weighted by molar-refractivity contribution is 0.683. The molecule has 1 heterocycles. The Bertz CT molecular complexity index is 603. The molecule has 3 heteroatoms. The Morgan fingerprint density at radius 1 is 1.19 bits per heavy atom. The van der Waals surface area contributed by atoms with E-state index in [9.17, 15) is 0 Å². The van der Waals surface area contributed by atoms with E-state index in [1.54, 1.807) is 0 Å². The lowest BCUT2D eigenvalue weighted by atomic mass is 10.0. The summed E-state index contributed by atoms with van der Waals surface area (Å²) in [6, 6.07) is 11.2. The van der Waals surface area contributed by atoms with Crippen LogP contribution in [-0.2, 0) is 19.4 Å². The average molecular weight is 301 g/mol. The number of nitrogens with one attached hydrogen (secondary N) is 1. The number of aromatic nitrogens is 1. The second kappa shape index (κ2) is 6.59. The first-order chi connectivity index (χ1) is 10.2. The fraction of sp³-hybridized carbons (Fsp3) is 0.389. The van der Waals surface area contributed by atoms with Crippen LogP contribution >= 0.6 is 11.6 Å². The van der Waals surface area contributed by atoms with E-state index in [1.165, 1.54) is 29.5 Å². The van der Waals surface area contributed by atoms with E-state index in [1.807, 2.05) is 12.3 Å². The van der Waals surface area contributed by atoms with E-state index < -0.39 is 0 Å². The van der Waals surface area contributed by atoms with Gasteiger partial charge in [-0.15, -0.1) is 0 Å². The summed E-state index contributed by atoms with van der Waals surface area (Å²) in [6.07, 6.45) is 6.46. The highest BCUT2D eigenvalue weighted by atomic mass is 35.5. The van der Waals surface area contributed by atoms with Crippen molar-refractivity contribution >= 4 is 11.6 Å². The number of hydrogen-bond donors (Lipinski definition) is 1. The molecule has 0 radical (unpaired) electrons. The minimum atomic E-state index is 0.718. The molecular formula is C18H21ClN2. The van der Waals surface area contributed by atoms with E-state index >= 15 is 0 Å². The molecule has 1 aliphatic carbocycles. The van der Waals surface area contributed by atoms with Crippen molar-refractivity contribution in [2.24, 2.45) is 0 Å². The van der Waals surface area contributed by atoms with Gasteiger partial charge in [0.1, 0.15) is 0 Å². The first kappa shape index (κ1) is 14.6. The van der Waals surface area contributed by atoms with Gasteiger partial charge in [-0.05, 0) is 54.2 Å². The van der Waals surface area contributed by atoms with Crippen LogP contribution < -0.4 is 5.32 Å². The topological polar surface area (TPSA) is 24.9 Å². The lowest BCUT2D eigenvalue weighted by Crippen LogP contribution is -2.16. The second-order valence-corrected chi connectivity index (χ2v) is 6.19. The van der Waals surface area contributed by atoms with Crippen LogP contribution in [0.4, 0.5) is 0 Å². The van der Waals surface area contributed by atoms with Crippen molar-refractivity contribution in [2.45, 2.75) is 45.2 Å². The molecule has 1 fully saturated rings. The molecule has 1 aromatic heterocycles. The Morgan fingerprint density at radius 2 is 2.05 bits per heavy atom. The number of hydrogen-bond acceptors (Lipinski definition) is 2. The normalized spacial score (nSPS) is 14.4. The molecule has 3 rings (SSSR count). The lowest BCUT2D eigenvalue weighted by Gasteiger charge is -2.11. The highest BCUT2D eigenvalue weighted by Crippen LogP contribution is 2.22. The van der Waals surface area contributed by atoms with Crippen molar-refractivity contribution in [3.8, 4) is 0 Å². The highest BCUT2D eigenvalue weighted by molar-refractivity contribution is 6.30. The average Bonchev–Trinajstić information content (AvgIpc) is 3.31. The van der Waals surface area contributed by atoms with Crippen molar-refractivity contribution in [1.29, 1.82) is 0 Å². The fourth-order valence-corrected chi connectivity index (χ4v) is 2.63. The fourth-order valence-electron chi connectivity index (χ4n) is 2.44. The summed E-state index contributed by atoms with van der Waals surface area (Å²) in [5.41, 5.74) is 4.97. The zero-order chi connectivity index (χ0) is 14.7. The maximum atomic E-state index is 6.16. The number of rotatable bonds is 6. The first-order valence-electron chi connectivity index (χ1n) is 7.69. The largest absolute Gasteiger partial charge is 0.310 e. The van der Waals surface area contributed by atoms with Gasteiger partial charge >= 0.3 is 0 Å². The van der Waals surface area contributed by atoms with Gasteiger partial charge < -0.3 is 5.32 Å². The van der Waals surface area contributed by atoms with Gasteiger partial charge in [-0.3, -0.25) is 4.98 Å². The molecule has 0 unspecified atom stereocenters. The summed E-state index contributed by atoms with van der Waals surface area (Å²) in [7, 11) is 0. The minimum Gasteiger partial charge on any atom is -0.310 e. The molecule has 0 spiro atoms. The Kier molecular flexibility index (Phi) is 4.57. The van der Waals surface area contributed by atoms with Crippen molar-refractivity contribution in [1.82, 2.24) is 10.3 Å². The van der Waals surface area contributed by atoms with Crippen LogP contribution in [0.1, 0.15) is 42.1 Å². The first-order valence-corrected chi connectivity index (χ1v) is 8.07. The zero-order valence-corrected chi connectivity index (χ0v) is 13.2. The third-order valence-electron chi connectivity index (χ3n) is 3.99. The predicted molar refractivity (Wildman–Crippen MR) is 87.7 cm³/mol. The number of halogens is 1. The maximum Gasteiger partial charge on any atom is 0.0447 e. The molecule has 0 aliphatic heterocycles. The number of nitrogens with zero attached hydrogens (tertiary/aromatic N) is 1. The monoisotopic (exact) mass is 300 g/mol. The Balaban J connectivity index is 1.76. The van der Waals surface area contributed by atoms with Crippen LogP contribution in [-0.4, -0.2) is 11.0 Å². The maximum absolute atomic E-state index is 6.16. The summed E-state index contributed by atoms with van der Waals surface area (Å²) < 4.78 is 0. The van der Waals surface area contributed by atoms with Gasteiger partial charge in [-0.2, -0.15) is 0 Å². The number of aryl methyl sites for hydroxylation is 1. The third-order valence-corrected chi connectivity index (χ3v) is 4.23. The summed E-state index contributed by atoms with van der Waals surface area (Å²) in [4.78, 5) is 4.56. The molecule has 1 N–H and O–H groups in total. The summed E-state index contributed by atoms with van der Waals surface area (Å²) >= 11 is 6.16. The van der Waals surface area contributed by atoms with Gasteiger partial charge in [0.2, 0.25) is 0 Å². The molecule has 2 aromatic rings. The van der Waals surface area contributed by atoms with Gasteiger partial charge in [0.25, 0.3) is 0 Å². The molecule has 2 nitrogen and oxygen atoms in total. The molecule has 0 atom stereocenters. The van der Waals surface area contributed by atoms with Gasteiger partial charge in [0.15, 0.2) is 0 Å². The van der Waals surface area contributed by atoms with Crippen LogP contribution in [0.25, 0.3) is 0 Å². The van der Waals surface area contributed by atoms with Crippen molar-refractivity contribution in [3.05, 3.63) is 63.9 Å². The van der Waals surface area contributed by atoms with Crippen molar-refractivity contribution in [2.75, 3.05) is 0 Å². The third kappa shape index (κ3) is 4.05. The summed E-state index contributed by atoms with van der Waals surface area (Å²) in [6.45, 7) is 3.07. The van der Waals surface area contributed by atoms with Crippen LogP contribution in [0, 0.1) is 0 Å². The molecular weight excluding hydrogens is 280 g/mol. The molecule has 0 bridgehead atoms. The van der Waals surface area contributed by atoms with Crippen molar-refractivity contribution < 1.29 is 0 Å². The predicted octanol–water partition coefficient (Wildman–Crippen LogP) is 4.14. The number of benzene rings is 1. The Morgan fingerprint density at radius 3 is 2.71 bits per heavy atom. The van der Waals surface area contributed by atoms with Crippen LogP contribution in [0.5, 0.6) is 0 Å². The van der Waals surface area contributed by atoms with Gasteiger partial charge in [0, 0.05) is 35.9 Å². The quantitative estimate of drug-likeness (QED) is 0.867. The van der Waals surface area contributed by atoms with Crippen LogP contribution in [0.2, 0.25) is 5.02 Å². The smallest absolute Gasteiger partial charge is 0.0447 e. The van der Waals surface area contributed by atoms with Gasteiger partial charge in [-0.25, -0.2) is 0 Å². The van der Waals surface area contributed by atoms with E-state index in [2.05, 4.69) is 41.5 Å². The zero-order valence-electron chi connectivity index (χ0n) is 12.4. The highest BCUT2D eigenvalue weighted by Gasteiger charge is 2.20. The SMILES string of the molecule is CCc1ccc(Cc2cc(Cl)ccc2CNC2CC2)nc1. The minimum absolute atomic E-state index is 0.718. The molecule has 1 aromatic carbocycles.